The normalized spacial score (nSPS) is 18.6. The molecule has 1 saturated carbocycles. The van der Waals surface area contributed by atoms with Crippen molar-refractivity contribution in [3.05, 3.63) is 59.0 Å². The summed E-state index contributed by atoms with van der Waals surface area (Å²) in [4.78, 5) is 15.5. The summed E-state index contributed by atoms with van der Waals surface area (Å²) in [6.07, 6.45) is 4.90. The van der Waals surface area contributed by atoms with E-state index in [0.717, 1.165) is 11.5 Å². The minimum absolute atomic E-state index is 0.00330. The van der Waals surface area contributed by atoms with Crippen molar-refractivity contribution in [1.29, 1.82) is 0 Å². The third-order valence-corrected chi connectivity index (χ3v) is 9.32. The summed E-state index contributed by atoms with van der Waals surface area (Å²) in [5, 5.41) is 11.2. The SMILES string of the molecule is COc1cc(C(=O)O)ccc1NS(=O)(=O)c1csc(-c2ccc(C3CCC(C(C)(C)C)CC3)cc2)n1. The predicted molar refractivity (Wildman–Crippen MR) is 142 cm³/mol. The van der Waals surface area contributed by atoms with Gasteiger partial charge in [-0.2, -0.15) is 8.42 Å². The number of thiazole rings is 1. The molecule has 0 spiro atoms. The third-order valence-electron chi connectivity index (χ3n) is 7.03. The van der Waals surface area contributed by atoms with Crippen LogP contribution in [0.15, 0.2) is 52.9 Å². The van der Waals surface area contributed by atoms with Crippen LogP contribution in [0.2, 0.25) is 0 Å². The molecule has 0 bridgehead atoms. The van der Waals surface area contributed by atoms with Crippen molar-refractivity contribution in [2.24, 2.45) is 11.3 Å². The molecule has 1 aromatic heterocycles. The molecule has 0 radical (unpaired) electrons. The van der Waals surface area contributed by atoms with Gasteiger partial charge < -0.3 is 9.84 Å². The molecule has 3 aromatic rings. The maximum Gasteiger partial charge on any atom is 0.335 e. The van der Waals surface area contributed by atoms with E-state index < -0.39 is 16.0 Å². The molecule has 7 nitrogen and oxygen atoms in total. The number of aromatic nitrogens is 1. The maximum atomic E-state index is 13.0. The molecule has 9 heteroatoms. The Labute approximate surface area is 216 Å². The van der Waals surface area contributed by atoms with Crippen molar-refractivity contribution < 1.29 is 23.1 Å². The Bertz CT molecular complexity index is 1330. The number of benzene rings is 2. The van der Waals surface area contributed by atoms with Gasteiger partial charge in [0.2, 0.25) is 0 Å². The van der Waals surface area contributed by atoms with Crippen molar-refractivity contribution in [3.63, 3.8) is 0 Å². The lowest BCUT2D eigenvalue weighted by molar-refractivity contribution is 0.0696. The zero-order valence-electron chi connectivity index (χ0n) is 20.9. The number of nitrogens with one attached hydrogen (secondary N) is 1. The topological polar surface area (TPSA) is 106 Å². The number of hydrogen-bond acceptors (Lipinski definition) is 6. The lowest BCUT2D eigenvalue weighted by Crippen LogP contribution is -2.25. The van der Waals surface area contributed by atoms with Gasteiger partial charge in [-0.15, -0.1) is 11.3 Å². The number of sulfonamides is 1. The fourth-order valence-electron chi connectivity index (χ4n) is 4.81. The number of nitrogens with zero attached hydrogens (tertiary/aromatic N) is 1. The number of carbonyl (C=O) groups is 1. The zero-order valence-corrected chi connectivity index (χ0v) is 22.6. The van der Waals surface area contributed by atoms with E-state index in [-0.39, 0.29) is 22.0 Å². The summed E-state index contributed by atoms with van der Waals surface area (Å²) < 4.78 is 33.5. The summed E-state index contributed by atoms with van der Waals surface area (Å²) in [5.74, 6) is 0.320. The Morgan fingerprint density at radius 2 is 1.75 bits per heavy atom. The summed E-state index contributed by atoms with van der Waals surface area (Å²) in [6.45, 7) is 6.99. The number of carboxylic acids is 1. The van der Waals surface area contributed by atoms with Gasteiger partial charge in [0.15, 0.2) is 5.03 Å². The van der Waals surface area contributed by atoms with Crippen molar-refractivity contribution in [3.8, 4) is 16.3 Å². The molecule has 1 fully saturated rings. The summed E-state index contributed by atoms with van der Waals surface area (Å²) in [7, 11) is -2.64. The lowest BCUT2D eigenvalue weighted by atomic mass is 9.69. The van der Waals surface area contributed by atoms with Crippen LogP contribution in [0.25, 0.3) is 10.6 Å². The number of methoxy groups -OCH3 is 1. The molecule has 192 valence electrons. The van der Waals surface area contributed by atoms with E-state index in [0.29, 0.717) is 16.3 Å². The fraction of sp³-hybridized carbons (Fsp3) is 0.407. The molecule has 1 aliphatic carbocycles. The molecule has 0 atom stereocenters. The van der Waals surface area contributed by atoms with Crippen molar-refractivity contribution in [1.82, 2.24) is 4.98 Å². The molecule has 2 N–H and O–H groups in total. The van der Waals surface area contributed by atoms with E-state index >= 15 is 0 Å². The highest BCUT2D eigenvalue weighted by Crippen LogP contribution is 2.43. The summed E-state index contributed by atoms with van der Waals surface area (Å²) in [6, 6.07) is 12.3. The minimum atomic E-state index is -3.99. The van der Waals surface area contributed by atoms with E-state index in [9.17, 15) is 13.2 Å². The number of carboxylic acid groups (broad SMARTS) is 1. The number of ether oxygens (including phenoxy) is 1. The Morgan fingerprint density at radius 3 is 2.33 bits per heavy atom. The van der Waals surface area contributed by atoms with Crippen LogP contribution in [-0.2, 0) is 10.0 Å². The second-order valence-electron chi connectivity index (χ2n) is 10.4. The fourth-order valence-corrected chi connectivity index (χ4v) is 6.98. The van der Waals surface area contributed by atoms with Gasteiger partial charge in [-0.05, 0) is 66.7 Å². The molecule has 4 rings (SSSR count). The van der Waals surface area contributed by atoms with Crippen LogP contribution in [0.3, 0.4) is 0 Å². The first-order chi connectivity index (χ1) is 17.0. The molecule has 1 aliphatic rings. The Morgan fingerprint density at radius 1 is 1.08 bits per heavy atom. The smallest absolute Gasteiger partial charge is 0.335 e. The average Bonchev–Trinajstić information content (AvgIpc) is 3.35. The van der Waals surface area contributed by atoms with Gasteiger partial charge in [0.05, 0.1) is 18.4 Å². The van der Waals surface area contributed by atoms with Crippen LogP contribution in [0.4, 0.5) is 5.69 Å². The summed E-state index contributed by atoms with van der Waals surface area (Å²) >= 11 is 1.26. The zero-order chi connectivity index (χ0) is 26.1. The highest BCUT2D eigenvalue weighted by molar-refractivity contribution is 7.92. The molecule has 0 amide bonds. The second-order valence-corrected chi connectivity index (χ2v) is 12.8. The van der Waals surface area contributed by atoms with Crippen LogP contribution < -0.4 is 9.46 Å². The largest absolute Gasteiger partial charge is 0.495 e. The number of rotatable bonds is 7. The van der Waals surface area contributed by atoms with E-state index in [1.54, 1.807) is 0 Å². The first kappa shape index (κ1) is 26.2. The summed E-state index contributed by atoms with van der Waals surface area (Å²) in [5.41, 5.74) is 2.70. The highest BCUT2D eigenvalue weighted by Gasteiger charge is 2.30. The molecule has 36 heavy (non-hydrogen) atoms. The monoisotopic (exact) mass is 528 g/mol. The van der Waals surface area contributed by atoms with Crippen LogP contribution in [-0.4, -0.2) is 31.6 Å². The second kappa shape index (κ2) is 10.2. The molecular formula is C27H32N2O5S2. The first-order valence-electron chi connectivity index (χ1n) is 12.0. The van der Waals surface area contributed by atoms with Gasteiger partial charge in [-0.3, -0.25) is 4.72 Å². The van der Waals surface area contributed by atoms with Crippen LogP contribution in [0.5, 0.6) is 5.75 Å². The standard InChI is InChI=1S/C27H32N2O5S2/c1-27(2,3)21-12-9-18(10-13-21)17-5-7-19(8-6-17)25-28-24(16-35-25)36(32,33)29-22-14-11-20(26(30)31)15-23(22)34-4/h5-8,11,14-16,18,21,29H,9-10,12-13H2,1-4H3,(H,30,31). The van der Waals surface area contributed by atoms with E-state index in [4.69, 9.17) is 9.84 Å². The predicted octanol–water partition coefficient (Wildman–Crippen LogP) is 6.64. The molecule has 0 unspecified atom stereocenters. The molecular weight excluding hydrogens is 496 g/mol. The van der Waals surface area contributed by atoms with E-state index in [2.05, 4.69) is 42.6 Å². The first-order valence-corrected chi connectivity index (χ1v) is 14.3. The number of hydrogen-bond donors (Lipinski definition) is 2. The number of aromatic carboxylic acids is 1. The van der Waals surface area contributed by atoms with Crippen molar-refractivity contribution >= 4 is 33.0 Å². The quantitative estimate of drug-likeness (QED) is 0.356. The molecule has 2 aromatic carbocycles. The van der Waals surface area contributed by atoms with Crippen molar-refractivity contribution in [2.45, 2.75) is 57.4 Å². The Balaban J connectivity index is 1.46. The lowest BCUT2D eigenvalue weighted by Gasteiger charge is -2.37. The molecule has 1 heterocycles. The maximum absolute atomic E-state index is 13.0. The number of anilines is 1. The van der Waals surface area contributed by atoms with Gasteiger partial charge in [0.25, 0.3) is 10.0 Å². The van der Waals surface area contributed by atoms with Gasteiger partial charge in [-0.25, -0.2) is 9.78 Å². The van der Waals surface area contributed by atoms with E-state index in [1.165, 1.54) is 73.3 Å². The van der Waals surface area contributed by atoms with Crippen molar-refractivity contribution in [2.75, 3.05) is 11.8 Å². The average molecular weight is 529 g/mol. The Kier molecular flexibility index (Phi) is 7.43. The molecule has 0 saturated heterocycles. The van der Waals surface area contributed by atoms with Gasteiger partial charge in [0.1, 0.15) is 10.8 Å². The minimum Gasteiger partial charge on any atom is -0.495 e. The van der Waals surface area contributed by atoms with Crippen LogP contribution >= 0.6 is 11.3 Å². The van der Waals surface area contributed by atoms with Gasteiger partial charge in [-0.1, -0.05) is 45.0 Å². The van der Waals surface area contributed by atoms with Crippen LogP contribution in [0.1, 0.15) is 68.3 Å². The van der Waals surface area contributed by atoms with Gasteiger partial charge >= 0.3 is 5.97 Å². The van der Waals surface area contributed by atoms with Crippen LogP contribution in [0, 0.1) is 11.3 Å². The van der Waals surface area contributed by atoms with Gasteiger partial charge in [0, 0.05) is 10.9 Å². The Hall–Kier alpha value is -2.91. The molecule has 0 aliphatic heterocycles. The highest BCUT2D eigenvalue weighted by atomic mass is 32.2. The van der Waals surface area contributed by atoms with E-state index in [1.807, 2.05) is 12.1 Å². The third kappa shape index (κ3) is 5.73.